The van der Waals surface area contributed by atoms with Crippen LogP contribution in [0.5, 0.6) is 0 Å². The number of ether oxygens (including phenoxy) is 1. The number of esters is 1. The van der Waals surface area contributed by atoms with Gasteiger partial charge in [-0.1, -0.05) is 11.6 Å². The Hall–Kier alpha value is -3.53. The number of hydrogen-bond acceptors (Lipinski definition) is 7. The molecule has 1 aromatic heterocycles. The second kappa shape index (κ2) is 9.09. The number of carbonyl (C=O) groups excluding carboxylic acids is 1. The van der Waals surface area contributed by atoms with Gasteiger partial charge in [0.1, 0.15) is 12.0 Å². The lowest BCUT2D eigenvalue weighted by molar-refractivity contribution is -0.137. The fourth-order valence-electron chi connectivity index (χ4n) is 2.56. The zero-order valence-electron chi connectivity index (χ0n) is 16.1. The summed E-state index contributed by atoms with van der Waals surface area (Å²) in [4.78, 5) is 19.8. The summed E-state index contributed by atoms with van der Waals surface area (Å²) < 4.78 is 43.9. The average Bonchev–Trinajstić information content (AvgIpc) is 2.72. The second-order valence-corrected chi connectivity index (χ2v) is 6.63. The molecule has 0 aliphatic heterocycles. The molecule has 11 heteroatoms. The van der Waals surface area contributed by atoms with Crippen LogP contribution in [0.15, 0.2) is 48.8 Å². The van der Waals surface area contributed by atoms with Crippen molar-refractivity contribution in [1.82, 2.24) is 9.97 Å². The minimum Gasteiger partial charge on any atom is -0.462 e. The summed E-state index contributed by atoms with van der Waals surface area (Å²) >= 11 is 6.01. The van der Waals surface area contributed by atoms with E-state index in [0.29, 0.717) is 11.3 Å². The molecule has 0 aliphatic rings. The molecule has 3 aromatic rings. The highest BCUT2D eigenvalue weighted by Gasteiger charge is 2.31. The van der Waals surface area contributed by atoms with Crippen LogP contribution in [0.2, 0.25) is 5.02 Å². The van der Waals surface area contributed by atoms with E-state index in [-0.39, 0.29) is 34.6 Å². The highest BCUT2D eigenvalue weighted by Crippen LogP contribution is 2.36. The quantitative estimate of drug-likeness (QED) is 0.431. The summed E-state index contributed by atoms with van der Waals surface area (Å²) in [7, 11) is 0. The van der Waals surface area contributed by atoms with Gasteiger partial charge < -0.3 is 21.1 Å². The van der Waals surface area contributed by atoms with E-state index in [4.69, 9.17) is 22.1 Å². The average molecular weight is 452 g/mol. The number of aromatic nitrogens is 2. The molecule has 7 nitrogen and oxygen atoms in total. The van der Waals surface area contributed by atoms with Crippen molar-refractivity contribution in [2.45, 2.75) is 13.1 Å². The SMILES string of the molecule is CCOC(=O)c1ccc(Nc2ncnc(Nc3cc(C(F)(F)F)ccc3Cl)c2N)cc1. The zero-order chi connectivity index (χ0) is 22.6. The lowest BCUT2D eigenvalue weighted by atomic mass is 10.2. The van der Waals surface area contributed by atoms with Gasteiger partial charge >= 0.3 is 12.1 Å². The molecule has 0 saturated carbocycles. The monoisotopic (exact) mass is 451 g/mol. The highest BCUT2D eigenvalue weighted by atomic mass is 35.5. The number of anilines is 5. The molecule has 0 spiro atoms. The number of hydrogen-bond donors (Lipinski definition) is 3. The third-order valence-electron chi connectivity index (χ3n) is 4.09. The Balaban J connectivity index is 1.82. The lowest BCUT2D eigenvalue weighted by Gasteiger charge is -2.15. The summed E-state index contributed by atoms with van der Waals surface area (Å²) in [6, 6.07) is 9.27. The van der Waals surface area contributed by atoms with Crippen LogP contribution in [0.1, 0.15) is 22.8 Å². The molecule has 0 fully saturated rings. The van der Waals surface area contributed by atoms with Crippen LogP contribution in [-0.4, -0.2) is 22.5 Å². The molecular weight excluding hydrogens is 435 g/mol. The van der Waals surface area contributed by atoms with Crippen LogP contribution in [0, 0.1) is 0 Å². The van der Waals surface area contributed by atoms with Crippen molar-refractivity contribution in [2.75, 3.05) is 23.0 Å². The number of alkyl halides is 3. The van der Waals surface area contributed by atoms with E-state index < -0.39 is 17.7 Å². The first kappa shape index (κ1) is 22.2. The number of nitrogens with two attached hydrogens (primary N) is 1. The Bertz CT molecular complexity index is 1090. The zero-order valence-corrected chi connectivity index (χ0v) is 16.9. The Morgan fingerprint density at radius 1 is 1.10 bits per heavy atom. The normalized spacial score (nSPS) is 11.1. The Kier molecular flexibility index (Phi) is 6.50. The topological polar surface area (TPSA) is 102 Å². The number of nitrogens with one attached hydrogen (secondary N) is 2. The first-order valence-corrected chi connectivity index (χ1v) is 9.35. The molecule has 1 heterocycles. The fourth-order valence-corrected chi connectivity index (χ4v) is 2.73. The van der Waals surface area contributed by atoms with Gasteiger partial charge in [-0.2, -0.15) is 13.2 Å². The molecule has 0 atom stereocenters. The molecule has 4 N–H and O–H groups in total. The summed E-state index contributed by atoms with van der Waals surface area (Å²) in [6.45, 7) is 1.98. The summed E-state index contributed by atoms with van der Waals surface area (Å²) in [5.74, 6) is -0.161. The molecule has 0 radical (unpaired) electrons. The van der Waals surface area contributed by atoms with E-state index in [0.717, 1.165) is 18.2 Å². The van der Waals surface area contributed by atoms with Gasteiger partial charge in [0.25, 0.3) is 0 Å². The number of nitrogen functional groups attached to an aromatic ring is 1. The molecule has 162 valence electrons. The van der Waals surface area contributed by atoms with Gasteiger partial charge in [0.2, 0.25) is 0 Å². The largest absolute Gasteiger partial charge is 0.462 e. The summed E-state index contributed by atoms with van der Waals surface area (Å²) in [6.07, 6.45) is -3.34. The van der Waals surface area contributed by atoms with Crippen molar-refractivity contribution in [2.24, 2.45) is 0 Å². The summed E-state index contributed by atoms with van der Waals surface area (Å²) in [5, 5.41) is 5.74. The van der Waals surface area contributed by atoms with E-state index in [1.165, 1.54) is 6.33 Å². The molecule has 3 rings (SSSR count). The van der Waals surface area contributed by atoms with Gasteiger partial charge in [0, 0.05) is 5.69 Å². The predicted molar refractivity (Wildman–Crippen MR) is 112 cm³/mol. The molecule has 2 aromatic carbocycles. The minimum atomic E-state index is -4.53. The first-order valence-electron chi connectivity index (χ1n) is 8.97. The fraction of sp³-hybridized carbons (Fsp3) is 0.150. The maximum Gasteiger partial charge on any atom is 0.416 e. The minimum absolute atomic E-state index is 0.00775. The number of benzene rings is 2. The van der Waals surface area contributed by atoms with Crippen molar-refractivity contribution < 1.29 is 22.7 Å². The Morgan fingerprint density at radius 3 is 2.35 bits per heavy atom. The number of rotatable bonds is 6. The van der Waals surface area contributed by atoms with Gasteiger partial charge in [-0.15, -0.1) is 0 Å². The first-order chi connectivity index (χ1) is 14.7. The number of nitrogens with zero attached hydrogens (tertiary/aromatic N) is 2. The van der Waals surface area contributed by atoms with Crippen molar-refractivity contribution in [3.05, 3.63) is 64.9 Å². The van der Waals surface area contributed by atoms with Gasteiger partial charge in [-0.05, 0) is 49.4 Å². The van der Waals surface area contributed by atoms with Crippen LogP contribution >= 0.6 is 11.6 Å². The molecule has 0 aliphatic carbocycles. The van der Waals surface area contributed by atoms with Crippen LogP contribution in [0.25, 0.3) is 0 Å². The highest BCUT2D eigenvalue weighted by molar-refractivity contribution is 6.33. The Morgan fingerprint density at radius 2 is 1.74 bits per heavy atom. The second-order valence-electron chi connectivity index (χ2n) is 6.22. The van der Waals surface area contributed by atoms with E-state index in [1.807, 2.05) is 0 Å². The van der Waals surface area contributed by atoms with Gasteiger partial charge in [-0.3, -0.25) is 0 Å². The van der Waals surface area contributed by atoms with Gasteiger partial charge in [-0.25, -0.2) is 14.8 Å². The van der Waals surface area contributed by atoms with Gasteiger partial charge in [0.15, 0.2) is 11.6 Å². The number of carbonyl (C=O) groups is 1. The summed E-state index contributed by atoms with van der Waals surface area (Å²) in [5.41, 5.74) is 6.22. The third kappa shape index (κ3) is 5.34. The van der Waals surface area contributed by atoms with Crippen LogP contribution < -0.4 is 16.4 Å². The molecule has 0 amide bonds. The maximum atomic E-state index is 13.0. The van der Waals surface area contributed by atoms with Crippen molar-refractivity contribution in [1.29, 1.82) is 0 Å². The third-order valence-corrected chi connectivity index (χ3v) is 4.42. The smallest absolute Gasteiger partial charge is 0.416 e. The van der Waals surface area contributed by atoms with Crippen molar-refractivity contribution in [3.8, 4) is 0 Å². The number of halogens is 4. The van der Waals surface area contributed by atoms with E-state index >= 15 is 0 Å². The molecular formula is C20H17ClF3N5O2. The maximum absolute atomic E-state index is 13.0. The predicted octanol–water partition coefficient (Wildman–Crippen LogP) is 5.39. The molecule has 0 saturated heterocycles. The van der Waals surface area contributed by atoms with Crippen molar-refractivity contribution >= 4 is 46.3 Å². The van der Waals surface area contributed by atoms with Crippen LogP contribution in [0.3, 0.4) is 0 Å². The van der Waals surface area contributed by atoms with Crippen molar-refractivity contribution in [3.63, 3.8) is 0 Å². The standard InChI is InChI=1S/C20H17ClF3N5O2/c1-2-31-19(30)11-3-6-13(7-4-11)28-17-16(25)18(27-10-26-17)29-15-9-12(20(22,23)24)5-8-14(15)21/h3-10H,2,25H2,1H3,(H2,26,27,28,29). The molecule has 31 heavy (non-hydrogen) atoms. The molecule has 0 bridgehead atoms. The van der Waals surface area contributed by atoms with E-state index in [2.05, 4.69) is 20.6 Å². The molecule has 0 unspecified atom stereocenters. The van der Waals surface area contributed by atoms with Gasteiger partial charge in [0.05, 0.1) is 28.4 Å². The lowest BCUT2D eigenvalue weighted by Crippen LogP contribution is -2.08. The van der Waals surface area contributed by atoms with E-state index in [9.17, 15) is 18.0 Å². The van der Waals surface area contributed by atoms with Crippen LogP contribution in [-0.2, 0) is 10.9 Å². The Labute approximate surface area is 180 Å². The van der Waals surface area contributed by atoms with E-state index in [1.54, 1.807) is 31.2 Å². The van der Waals surface area contributed by atoms with Crippen LogP contribution in [0.4, 0.5) is 41.9 Å².